The second-order valence-corrected chi connectivity index (χ2v) is 5.16. The molecule has 1 aromatic rings. The van der Waals surface area contributed by atoms with Gasteiger partial charge in [0.05, 0.1) is 19.7 Å². The predicted molar refractivity (Wildman–Crippen MR) is 79.9 cm³/mol. The van der Waals surface area contributed by atoms with Crippen molar-refractivity contribution in [1.82, 2.24) is 10.2 Å². The second kappa shape index (κ2) is 7.38. The Morgan fingerprint density at radius 1 is 1.55 bits per heavy atom. The molecule has 0 aromatic heterocycles. The van der Waals surface area contributed by atoms with E-state index >= 15 is 0 Å². The summed E-state index contributed by atoms with van der Waals surface area (Å²) < 4.78 is 19.5. The number of hydrogen-bond donors (Lipinski definition) is 1. The highest BCUT2D eigenvalue weighted by Gasteiger charge is 2.28. The number of nitrogens with one attached hydrogen (secondary N) is 1. The molecule has 1 unspecified atom stereocenters. The second-order valence-electron chi connectivity index (χ2n) is 4.76. The first-order valence-corrected chi connectivity index (χ1v) is 7.14. The molecule has 1 atom stereocenters. The molecule has 5 nitrogen and oxygen atoms in total. The average molecular weight is 327 g/mol. The summed E-state index contributed by atoms with van der Waals surface area (Å²) in [6.07, 6.45) is 0.468. The van der Waals surface area contributed by atoms with Gasteiger partial charge in [0.2, 0.25) is 11.8 Å². The van der Waals surface area contributed by atoms with Crippen molar-refractivity contribution in [1.29, 1.82) is 0 Å². The van der Waals surface area contributed by atoms with E-state index in [9.17, 15) is 14.0 Å². The molecule has 2 rings (SSSR count). The first-order chi connectivity index (χ1) is 10.5. The number of carbonyl (C=O) groups excluding carboxylic acids is 2. The van der Waals surface area contributed by atoms with Crippen LogP contribution in [0.1, 0.15) is 11.7 Å². The van der Waals surface area contributed by atoms with Crippen LogP contribution in [0.4, 0.5) is 4.39 Å². The Morgan fingerprint density at radius 3 is 3.00 bits per heavy atom. The molecule has 0 spiro atoms. The molecule has 1 aliphatic heterocycles. The van der Waals surface area contributed by atoms with Crippen molar-refractivity contribution in [3.63, 3.8) is 0 Å². The minimum absolute atomic E-state index is 0.136. The molecule has 22 heavy (non-hydrogen) atoms. The molecular formula is C15H16ClFN2O3. The molecular weight excluding hydrogens is 311 g/mol. The van der Waals surface area contributed by atoms with Gasteiger partial charge in [-0.1, -0.05) is 24.2 Å². The van der Waals surface area contributed by atoms with Crippen LogP contribution in [0.2, 0.25) is 5.02 Å². The maximum absolute atomic E-state index is 13.9. The predicted octanol–water partition coefficient (Wildman–Crippen LogP) is 1.68. The summed E-state index contributed by atoms with van der Waals surface area (Å²) >= 11 is 6.02. The molecule has 1 N–H and O–H groups in total. The Labute approximate surface area is 132 Å². The zero-order chi connectivity index (χ0) is 16.1. The van der Waals surface area contributed by atoms with E-state index in [1.165, 1.54) is 17.0 Å². The number of carbonyl (C=O) groups is 2. The van der Waals surface area contributed by atoms with Crippen LogP contribution in [0.15, 0.2) is 30.9 Å². The first-order valence-electron chi connectivity index (χ1n) is 6.76. The van der Waals surface area contributed by atoms with Gasteiger partial charge in [0.15, 0.2) is 0 Å². The van der Waals surface area contributed by atoms with E-state index in [2.05, 4.69) is 11.9 Å². The van der Waals surface area contributed by atoms with E-state index in [0.29, 0.717) is 6.54 Å². The fourth-order valence-corrected chi connectivity index (χ4v) is 2.50. The van der Waals surface area contributed by atoms with Crippen LogP contribution in [0, 0.1) is 5.82 Å². The lowest BCUT2D eigenvalue weighted by molar-refractivity contribution is -0.139. The highest BCUT2D eigenvalue weighted by atomic mass is 35.5. The minimum atomic E-state index is -0.624. The van der Waals surface area contributed by atoms with Crippen molar-refractivity contribution in [2.24, 2.45) is 0 Å². The van der Waals surface area contributed by atoms with Crippen LogP contribution in [0.5, 0.6) is 0 Å². The van der Waals surface area contributed by atoms with E-state index in [1.54, 1.807) is 6.07 Å². The Morgan fingerprint density at radius 2 is 2.32 bits per heavy atom. The van der Waals surface area contributed by atoms with Gasteiger partial charge < -0.3 is 15.0 Å². The molecule has 0 radical (unpaired) electrons. The minimum Gasteiger partial charge on any atom is -0.370 e. The monoisotopic (exact) mass is 326 g/mol. The lowest BCUT2D eigenvalue weighted by Crippen LogP contribution is -2.46. The van der Waals surface area contributed by atoms with E-state index in [-0.39, 0.29) is 36.2 Å². The van der Waals surface area contributed by atoms with Gasteiger partial charge >= 0.3 is 0 Å². The molecule has 0 aliphatic carbocycles. The molecule has 1 aromatic carbocycles. The highest BCUT2D eigenvalue weighted by Crippen LogP contribution is 2.30. The number of rotatable bonds is 4. The maximum atomic E-state index is 13.9. The van der Waals surface area contributed by atoms with Gasteiger partial charge in [-0.25, -0.2) is 4.39 Å². The highest BCUT2D eigenvalue weighted by molar-refractivity contribution is 6.31. The van der Waals surface area contributed by atoms with Crippen molar-refractivity contribution in [3.8, 4) is 0 Å². The third-order valence-electron chi connectivity index (χ3n) is 3.34. The van der Waals surface area contributed by atoms with Gasteiger partial charge in [-0.3, -0.25) is 9.59 Å². The summed E-state index contributed by atoms with van der Waals surface area (Å²) in [5, 5.41) is 2.68. The van der Waals surface area contributed by atoms with Crippen LogP contribution in [0.3, 0.4) is 0 Å². The molecule has 0 saturated carbocycles. The summed E-state index contributed by atoms with van der Waals surface area (Å²) in [6, 6.07) is 4.39. The van der Waals surface area contributed by atoms with Crippen LogP contribution in [-0.2, 0) is 14.3 Å². The van der Waals surface area contributed by atoms with Crippen LogP contribution in [-0.4, -0.2) is 43.0 Å². The third kappa shape index (κ3) is 3.84. The largest absolute Gasteiger partial charge is 0.370 e. The molecule has 0 bridgehead atoms. The molecule has 118 valence electrons. The van der Waals surface area contributed by atoms with E-state index in [1.807, 2.05) is 0 Å². The van der Waals surface area contributed by atoms with Crippen molar-refractivity contribution < 1.29 is 18.7 Å². The summed E-state index contributed by atoms with van der Waals surface area (Å²) in [7, 11) is 0. The van der Waals surface area contributed by atoms with Crippen LogP contribution >= 0.6 is 11.6 Å². The Hall–Kier alpha value is -1.92. The molecule has 1 heterocycles. The van der Waals surface area contributed by atoms with Crippen molar-refractivity contribution in [3.05, 3.63) is 47.3 Å². The Bertz CT molecular complexity index is 574. The first kappa shape index (κ1) is 16.5. The van der Waals surface area contributed by atoms with Crippen molar-refractivity contribution >= 4 is 23.4 Å². The average Bonchev–Trinajstić information content (AvgIpc) is 2.52. The topological polar surface area (TPSA) is 58.6 Å². The zero-order valence-corrected chi connectivity index (χ0v) is 12.6. The summed E-state index contributed by atoms with van der Waals surface area (Å²) in [6.45, 7) is 4.01. The van der Waals surface area contributed by atoms with E-state index < -0.39 is 17.8 Å². The smallest absolute Gasteiger partial charge is 0.243 e. The SMILES string of the molecule is C=CC(=O)NCC(=O)N1CCOC(c2c(F)cccc2Cl)C1. The summed E-state index contributed by atoms with van der Waals surface area (Å²) in [5.74, 6) is -1.15. The molecule has 1 fully saturated rings. The third-order valence-corrected chi connectivity index (χ3v) is 3.67. The normalized spacial score (nSPS) is 17.9. The molecule has 7 heteroatoms. The van der Waals surface area contributed by atoms with Crippen molar-refractivity contribution in [2.45, 2.75) is 6.10 Å². The molecule has 2 amide bonds. The molecule has 1 saturated heterocycles. The number of nitrogens with zero attached hydrogens (tertiary/aromatic N) is 1. The standard InChI is InChI=1S/C15H16ClFN2O3/c1-2-13(20)18-8-14(21)19-6-7-22-12(9-19)15-10(16)4-3-5-11(15)17/h2-5,12H,1,6-9H2,(H,18,20). The fraction of sp³-hybridized carbons (Fsp3) is 0.333. The molecule has 1 aliphatic rings. The number of amides is 2. The Balaban J connectivity index is 2.04. The van der Waals surface area contributed by atoms with E-state index in [0.717, 1.165) is 6.08 Å². The van der Waals surface area contributed by atoms with Gasteiger partial charge in [-0.15, -0.1) is 0 Å². The van der Waals surface area contributed by atoms with Crippen LogP contribution < -0.4 is 5.32 Å². The van der Waals surface area contributed by atoms with Gasteiger partial charge in [-0.05, 0) is 18.2 Å². The number of ether oxygens (including phenoxy) is 1. The lowest BCUT2D eigenvalue weighted by Gasteiger charge is -2.33. The summed E-state index contributed by atoms with van der Waals surface area (Å²) in [5.41, 5.74) is 0.247. The zero-order valence-electron chi connectivity index (χ0n) is 11.9. The quantitative estimate of drug-likeness (QED) is 0.856. The van der Waals surface area contributed by atoms with Gasteiger partial charge in [0.25, 0.3) is 0 Å². The van der Waals surface area contributed by atoms with Gasteiger partial charge in [0, 0.05) is 17.1 Å². The lowest BCUT2D eigenvalue weighted by atomic mass is 10.1. The van der Waals surface area contributed by atoms with Gasteiger partial charge in [-0.2, -0.15) is 0 Å². The fourth-order valence-electron chi connectivity index (χ4n) is 2.22. The summed E-state index contributed by atoms with van der Waals surface area (Å²) in [4.78, 5) is 24.7. The maximum Gasteiger partial charge on any atom is 0.243 e. The number of morpholine rings is 1. The number of hydrogen-bond acceptors (Lipinski definition) is 3. The van der Waals surface area contributed by atoms with Crippen molar-refractivity contribution in [2.75, 3.05) is 26.2 Å². The van der Waals surface area contributed by atoms with Gasteiger partial charge in [0.1, 0.15) is 11.9 Å². The Kier molecular flexibility index (Phi) is 5.51. The number of halogens is 2. The number of benzene rings is 1. The van der Waals surface area contributed by atoms with E-state index in [4.69, 9.17) is 16.3 Å². The van der Waals surface area contributed by atoms with Crippen LogP contribution in [0.25, 0.3) is 0 Å².